The predicted molar refractivity (Wildman–Crippen MR) is 48.7 cm³/mol. The van der Waals surface area contributed by atoms with Gasteiger partial charge in [-0.25, -0.2) is 8.78 Å². The highest BCUT2D eigenvalue weighted by Gasteiger charge is 2.47. The first-order chi connectivity index (χ1) is 6.64. The number of hydrogen-bond donors (Lipinski definition) is 1. The Balaban J connectivity index is 2.30. The zero-order chi connectivity index (χ0) is 10.2. The molecule has 0 atom stereocenters. The predicted octanol–water partition coefficient (Wildman–Crippen LogP) is 2.04. The number of nitrogens with two attached hydrogens (primary N) is 1. The van der Waals surface area contributed by atoms with E-state index in [1.54, 1.807) is 0 Å². The first-order valence-electron chi connectivity index (χ1n) is 4.68. The molecule has 14 heavy (non-hydrogen) atoms. The summed E-state index contributed by atoms with van der Waals surface area (Å²) >= 11 is 0. The summed E-state index contributed by atoms with van der Waals surface area (Å²) in [7, 11) is 0. The summed E-state index contributed by atoms with van der Waals surface area (Å²) in [4.78, 5) is 3.89. The van der Waals surface area contributed by atoms with Crippen LogP contribution in [-0.4, -0.2) is 4.98 Å². The smallest absolute Gasteiger partial charge is 0.276 e. The molecule has 1 aliphatic rings. The van der Waals surface area contributed by atoms with Gasteiger partial charge in [0, 0.05) is 24.2 Å². The van der Waals surface area contributed by atoms with Gasteiger partial charge in [0.25, 0.3) is 5.92 Å². The molecule has 2 N–H and O–H groups in total. The lowest BCUT2D eigenvalue weighted by Gasteiger charge is -2.16. The van der Waals surface area contributed by atoms with Crippen molar-refractivity contribution in [1.82, 2.24) is 4.98 Å². The average molecular weight is 198 g/mol. The van der Waals surface area contributed by atoms with Gasteiger partial charge in [0.05, 0.1) is 5.69 Å². The fraction of sp³-hybridized carbons (Fsp3) is 0.500. The van der Waals surface area contributed by atoms with E-state index in [2.05, 4.69) is 4.98 Å². The van der Waals surface area contributed by atoms with Crippen LogP contribution in [0.3, 0.4) is 0 Å². The summed E-state index contributed by atoms with van der Waals surface area (Å²) in [5.41, 5.74) is 5.91. The molecule has 1 aliphatic carbocycles. The van der Waals surface area contributed by atoms with Crippen molar-refractivity contribution in [3.63, 3.8) is 0 Å². The molecule has 1 aromatic rings. The maximum atomic E-state index is 13.6. The summed E-state index contributed by atoms with van der Waals surface area (Å²) in [6.07, 6.45) is 2.63. The molecule has 2 rings (SSSR count). The van der Waals surface area contributed by atoms with Crippen molar-refractivity contribution >= 4 is 0 Å². The van der Waals surface area contributed by atoms with E-state index < -0.39 is 11.8 Å². The van der Waals surface area contributed by atoms with E-state index in [0.29, 0.717) is 18.5 Å². The molecule has 2 nitrogen and oxygen atoms in total. The number of hydrogen-bond acceptors (Lipinski definition) is 2. The average Bonchev–Trinajstić information content (AvgIpc) is 3.01. The largest absolute Gasteiger partial charge is 0.325 e. The molecule has 0 saturated heterocycles. The van der Waals surface area contributed by atoms with Crippen molar-refractivity contribution in [2.45, 2.75) is 25.3 Å². The highest BCUT2D eigenvalue weighted by molar-refractivity contribution is 5.23. The van der Waals surface area contributed by atoms with E-state index in [9.17, 15) is 8.78 Å². The molecule has 0 aromatic carbocycles. The van der Waals surface area contributed by atoms with Crippen LogP contribution in [0.5, 0.6) is 0 Å². The normalized spacial score (nSPS) is 17.1. The van der Waals surface area contributed by atoms with Crippen molar-refractivity contribution < 1.29 is 8.78 Å². The highest BCUT2D eigenvalue weighted by Crippen LogP contribution is 2.49. The number of pyridine rings is 1. The second kappa shape index (κ2) is 3.28. The lowest BCUT2D eigenvalue weighted by Crippen LogP contribution is -2.17. The zero-order valence-electron chi connectivity index (χ0n) is 7.71. The van der Waals surface area contributed by atoms with E-state index in [4.69, 9.17) is 5.73 Å². The zero-order valence-corrected chi connectivity index (χ0v) is 7.71. The number of aromatic nitrogens is 1. The molecule has 0 unspecified atom stereocenters. The lowest BCUT2D eigenvalue weighted by atomic mass is 10.0. The number of alkyl halides is 2. The van der Waals surface area contributed by atoms with Gasteiger partial charge in [-0.05, 0) is 25.0 Å². The van der Waals surface area contributed by atoms with Crippen molar-refractivity contribution in [3.8, 4) is 0 Å². The molecule has 1 saturated carbocycles. The van der Waals surface area contributed by atoms with Crippen molar-refractivity contribution in [1.29, 1.82) is 0 Å². The number of halogens is 2. The van der Waals surface area contributed by atoms with Crippen LogP contribution in [0.2, 0.25) is 0 Å². The minimum Gasteiger partial charge on any atom is -0.325 e. The van der Waals surface area contributed by atoms with Gasteiger partial charge in [0.2, 0.25) is 0 Å². The molecule has 76 valence electrons. The minimum atomic E-state index is -2.70. The van der Waals surface area contributed by atoms with Crippen LogP contribution >= 0.6 is 0 Å². The second-order valence-electron chi connectivity index (χ2n) is 3.64. The third-order valence-corrected chi connectivity index (χ3v) is 2.50. The number of nitrogens with zero attached hydrogens (tertiary/aromatic N) is 1. The van der Waals surface area contributed by atoms with Gasteiger partial charge in [-0.1, -0.05) is 0 Å². The van der Waals surface area contributed by atoms with E-state index in [1.807, 2.05) is 0 Å². The first-order valence-corrected chi connectivity index (χ1v) is 4.68. The molecular weight excluding hydrogens is 186 g/mol. The molecule has 4 heteroatoms. The van der Waals surface area contributed by atoms with Crippen molar-refractivity contribution in [2.75, 3.05) is 0 Å². The summed E-state index contributed by atoms with van der Waals surface area (Å²) in [6, 6.07) is 2.77. The van der Waals surface area contributed by atoms with E-state index in [1.165, 1.54) is 18.3 Å². The molecular formula is C10H12F2N2. The number of rotatable bonds is 3. The monoisotopic (exact) mass is 198 g/mol. The van der Waals surface area contributed by atoms with Gasteiger partial charge in [0.1, 0.15) is 0 Å². The molecule has 1 aromatic heterocycles. The molecule has 0 aliphatic heterocycles. The van der Waals surface area contributed by atoms with Gasteiger partial charge >= 0.3 is 0 Å². The Labute approximate surface area is 81.1 Å². The van der Waals surface area contributed by atoms with Gasteiger partial charge in [-0.15, -0.1) is 0 Å². The third kappa shape index (κ3) is 1.62. The maximum absolute atomic E-state index is 13.6. The van der Waals surface area contributed by atoms with Crippen LogP contribution in [-0.2, 0) is 12.5 Å². The SMILES string of the molecule is NCc1cc(C(F)(F)C2CC2)ccn1. The molecule has 1 fully saturated rings. The van der Waals surface area contributed by atoms with E-state index >= 15 is 0 Å². The van der Waals surface area contributed by atoms with Crippen LogP contribution in [0.15, 0.2) is 18.3 Å². The topological polar surface area (TPSA) is 38.9 Å². The van der Waals surface area contributed by atoms with Gasteiger partial charge in [-0.2, -0.15) is 0 Å². The maximum Gasteiger partial charge on any atom is 0.276 e. The van der Waals surface area contributed by atoms with Gasteiger partial charge in [-0.3, -0.25) is 4.98 Å². The van der Waals surface area contributed by atoms with Crippen molar-refractivity contribution in [3.05, 3.63) is 29.6 Å². The van der Waals surface area contributed by atoms with Crippen LogP contribution in [0.25, 0.3) is 0 Å². The summed E-state index contributed by atoms with van der Waals surface area (Å²) in [5, 5.41) is 0. The van der Waals surface area contributed by atoms with E-state index in [-0.39, 0.29) is 12.1 Å². The third-order valence-electron chi connectivity index (χ3n) is 2.50. The van der Waals surface area contributed by atoms with Crippen molar-refractivity contribution in [2.24, 2.45) is 11.7 Å². The Morgan fingerprint density at radius 1 is 1.50 bits per heavy atom. The Morgan fingerprint density at radius 2 is 2.21 bits per heavy atom. The lowest BCUT2D eigenvalue weighted by molar-refractivity contribution is -0.0287. The fourth-order valence-electron chi connectivity index (χ4n) is 1.48. The molecule has 0 amide bonds. The van der Waals surface area contributed by atoms with Crippen LogP contribution in [0, 0.1) is 5.92 Å². The Morgan fingerprint density at radius 3 is 2.79 bits per heavy atom. The Hall–Kier alpha value is -1.03. The Bertz CT molecular complexity index is 335. The summed E-state index contributed by atoms with van der Waals surface area (Å²) in [5.74, 6) is -3.18. The summed E-state index contributed by atoms with van der Waals surface area (Å²) in [6.45, 7) is 0.203. The highest BCUT2D eigenvalue weighted by atomic mass is 19.3. The van der Waals surface area contributed by atoms with Gasteiger partial charge < -0.3 is 5.73 Å². The Kier molecular flexibility index (Phi) is 2.23. The van der Waals surface area contributed by atoms with Crippen LogP contribution < -0.4 is 5.73 Å². The van der Waals surface area contributed by atoms with Gasteiger partial charge in [0.15, 0.2) is 0 Å². The molecule has 0 spiro atoms. The van der Waals surface area contributed by atoms with Crippen LogP contribution in [0.4, 0.5) is 8.78 Å². The molecule has 0 bridgehead atoms. The quantitative estimate of drug-likeness (QED) is 0.807. The fourth-order valence-corrected chi connectivity index (χ4v) is 1.48. The molecule has 1 heterocycles. The van der Waals surface area contributed by atoms with Crippen LogP contribution in [0.1, 0.15) is 24.1 Å². The second-order valence-corrected chi connectivity index (χ2v) is 3.64. The molecule has 0 radical (unpaired) electrons. The standard InChI is InChI=1S/C10H12F2N2/c11-10(12,7-1-2-7)8-3-4-14-9(5-8)6-13/h3-5,7H,1-2,6,13H2. The minimum absolute atomic E-state index is 0.0513. The summed E-state index contributed by atoms with van der Waals surface area (Å²) < 4.78 is 27.2. The van der Waals surface area contributed by atoms with E-state index in [0.717, 1.165) is 0 Å². The first kappa shape index (κ1) is 9.52.